The number of aliphatic hydroxyl groups is 1. The molecule has 2 bridgehead atoms. The molecule has 3 aliphatic carbocycles. The van der Waals surface area contributed by atoms with Crippen LogP contribution in [0.3, 0.4) is 0 Å². The Kier molecular flexibility index (Phi) is 4.74. The Hall–Kier alpha value is -0.300. The highest BCUT2D eigenvalue weighted by atomic mass is 79.9. The first-order valence-corrected chi connectivity index (χ1v) is 9.65. The van der Waals surface area contributed by atoms with Crippen molar-refractivity contribution in [1.82, 2.24) is 0 Å². The molecule has 0 amide bonds. The fourth-order valence-electron chi connectivity index (χ4n) is 5.78. The average Bonchev–Trinajstić information content (AvgIpc) is 2.76. The van der Waals surface area contributed by atoms with Gasteiger partial charge < -0.3 is 19.4 Å². The summed E-state index contributed by atoms with van der Waals surface area (Å²) in [6.45, 7) is 1.51. The van der Waals surface area contributed by atoms with E-state index in [1.807, 2.05) is 0 Å². The minimum atomic E-state index is -1.40. The molecule has 0 heterocycles. The average molecular weight is 403 g/mol. The molecule has 5 atom stereocenters. The number of halogens is 1. The Morgan fingerprint density at radius 3 is 2.33 bits per heavy atom. The third-order valence-electron chi connectivity index (χ3n) is 6.66. The Labute approximate surface area is 151 Å². The number of fused-ring (bicyclic) bond motifs is 5. The molecule has 24 heavy (non-hydrogen) atoms. The van der Waals surface area contributed by atoms with Crippen molar-refractivity contribution >= 4 is 27.5 Å². The van der Waals surface area contributed by atoms with Crippen LogP contribution in [0.4, 0.5) is 0 Å². The van der Waals surface area contributed by atoms with Crippen molar-refractivity contribution in [2.45, 2.75) is 67.6 Å². The van der Waals surface area contributed by atoms with Crippen molar-refractivity contribution < 1.29 is 24.2 Å². The predicted molar refractivity (Wildman–Crippen MR) is 91.8 cm³/mol. The zero-order valence-electron chi connectivity index (χ0n) is 14.6. The minimum absolute atomic E-state index is 0.00835. The van der Waals surface area contributed by atoms with Gasteiger partial charge in [0.05, 0.1) is 5.92 Å². The zero-order valence-corrected chi connectivity index (χ0v) is 16.2. The van der Waals surface area contributed by atoms with Crippen LogP contribution in [0, 0.1) is 17.8 Å². The minimum Gasteiger partial charge on any atom is -0.383 e. The second-order valence-corrected chi connectivity index (χ2v) is 8.82. The van der Waals surface area contributed by atoms with Crippen molar-refractivity contribution in [3.05, 3.63) is 0 Å². The van der Waals surface area contributed by atoms with Crippen LogP contribution in [0.15, 0.2) is 0 Å². The van der Waals surface area contributed by atoms with E-state index in [0.717, 1.165) is 32.1 Å². The number of Topliss-reactive ketones (excluding diaryl/α,β-unsaturated/α-hetero) is 2. The SMILES string of the molecule is COC1(OC)[C@@]2(O)[C@@H]3CCCCC[C@@H]3[C@]1(Br)C(=O)[C@@H]2CCC(C)=O. The lowest BCUT2D eigenvalue weighted by Gasteiger charge is -2.43. The number of methoxy groups -OCH3 is 2. The van der Waals surface area contributed by atoms with E-state index in [1.54, 1.807) is 0 Å². The molecular weight excluding hydrogens is 376 g/mol. The van der Waals surface area contributed by atoms with Gasteiger partial charge in [-0.15, -0.1) is 0 Å². The monoisotopic (exact) mass is 402 g/mol. The van der Waals surface area contributed by atoms with E-state index >= 15 is 0 Å². The maximum absolute atomic E-state index is 13.3. The van der Waals surface area contributed by atoms with Gasteiger partial charge in [0.1, 0.15) is 15.7 Å². The first-order chi connectivity index (χ1) is 11.3. The summed E-state index contributed by atoms with van der Waals surface area (Å²) >= 11 is 3.71. The van der Waals surface area contributed by atoms with Crippen LogP contribution in [0.25, 0.3) is 0 Å². The van der Waals surface area contributed by atoms with E-state index in [4.69, 9.17) is 9.47 Å². The lowest BCUT2D eigenvalue weighted by Crippen LogP contribution is -2.60. The normalized spacial score (nSPS) is 43.5. The number of carbonyl (C=O) groups excluding carboxylic acids is 2. The van der Waals surface area contributed by atoms with E-state index < -0.39 is 21.6 Å². The molecule has 3 rings (SSSR count). The van der Waals surface area contributed by atoms with Crippen molar-refractivity contribution in [3.63, 3.8) is 0 Å². The third kappa shape index (κ3) is 1.97. The maximum Gasteiger partial charge on any atom is 0.221 e. The fraction of sp³-hybridized carbons (Fsp3) is 0.889. The molecule has 0 aromatic heterocycles. The molecule has 0 spiro atoms. The summed E-state index contributed by atoms with van der Waals surface area (Å²) in [6, 6.07) is 0. The summed E-state index contributed by atoms with van der Waals surface area (Å²) in [5.41, 5.74) is -1.40. The van der Waals surface area contributed by atoms with Gasteiger partial charge in [-0.1, -0.05) is 35.2 Å². The number of ketones is 2. The molecule has 3 fully saturated rings. The van der Waals surface area contributed by atoms with Gasteiger partial charge in [-0.05, 0) is 38.0 Å². The highest BCUT2D eigenvalue weighted by Crippen LogP contribution is 2.71. The summed E-state index contributed by atoms with van der Waals surface area (Å²) in [5.74, 6) is -2.15. The molecule has 0 aliphatic heterocycles. The van der Waals surface area contributed by atoms with Gasteiger partial charge in [0.15, 0.2) is 5.78 Å². The van der Waals surface area contributed by atoms with Gasteiger partial charge in [0.25, 0.3) is 0 Å². The molecule has 0 saturated heterocycles. The summed E-state index contributed by atoms with van der Waals surface area (Å²) in [6.07, 6.45) is 5.54. The van der Waals surface area contributed by atoms with Gasteiger partial charge in [-0.2, -0.15) is 0 Å². The summed E-state index contributed by atoms with van der Waals surface area (Å²) < 4.78 is 10.5. The van der Waals surface area contributed by atoms with Crippen molar-refractivity contribution in [1.29, 1.82) is 0 Å². The molecule has 0 aromatic rings. The number of hydrogen-bond acceptors (Lipinski definition) is 5. The van der Waals surface area contributed by atoms with Crippen LogP contribution in [0.1, 0.15) is 51.9 Å². The number of ether oxygens (including phenoxy) is 2. The number of alkyl halides is 1. The summed E-state index contributed by atoms with van der Waals surface area (Å²) in [7, 11) is 2.99. The van der Waals surface area contributed by atoms with Crippen LogP contribution in [0.5, 0.6) is 0 Å². The lowest BCUT2D eigenvalue weighted by atomic mass is 9.67. The Balaban J connectivity index is 2.12. The fourth-order valence-corrected chi connectivity index (χ4v) is 7.25. The summed E-state index contributed by atoms with van der Waals surface area (Å²) in [4.78, 5) is 24.8. The van der Waals surface area contributed by atoms with E-state index in [-0.39, 0.29) is 29.8 Å². The maximum atomic E-state index is 13.3. The largest absolute Gasteiger partial charge is 0.383 e. The highest BCUT2D eigenvalue weighted by Gasteiger charge is 2.87. The quantitative estimate of drug-likeness (QED) is 0.565. The topological polar surface area (TPSA) is 72.8 Å². The van der Waals surface area contributed by atoms with Gasteiger partial charge >= 0.3 is 0 Å². The lowest BCUT2D eigenvalue weighted by molar-refractivity contribution is -0.296. The van der Waals surface area contributed by atoms with Crippen molar-refractivity contribution in [2.24, 2.45) is 17.8 Å². The Morgan fingerprint density at radius 1 is 1.21 bits per heavy atom. The summed E-state index contributed by atoms with van der Waals surface area (Å²) in [5, 5.41) is 11.9. The first kappa shape index (κ1) is 18.5. The van der Waals surface area contributed by atoms with Gasteiger partial charge in [-0.3, -0.25) is 4.79 Å². The standard InChI is InChI=1S/C18H27BrO5/c1-11(20)9-10-14-15(21)16(19)12-7-5-4-6-8-13(12)17(14,22)18(16,23-2)24-3/h12-14,22H,4-10H2,1-3H3/t12-,13+,14-,16-,17+/m0/s1. The zero-order chi connectivity index (χ0) is 17.8. The number of hydrogen-bond donors (Lipinski definition) is 1. The molecule has 1 N–H and O–H groups in total. The van der Waals surface area contributed by atoms with Gasteiger partial charge in [0, 0.05) is 20.6 Å². The highest BCUT2D eigenvalue weighted by molar-refractivity contribution is 9.10. The van der Waals surface area contributed by atoms with Crippen LogP contribution < -0.4 is 0 Å². The smallest absolute Gasteiger partial charge is 0.221 e. The predicted octanol–water partition coefficient (Wildman–Crippen LogP) is 2.62. The molecule has 0 unspecified atom stereocenters. The van der Waals surface area contributed by atoms with Crippen molar-refractivity contribution in [2.75, 3.05) is 14.2 Å². The van der Waals surface area contributed by atoms with Crippen LogP contribution in [0.2, 0.25) is 0 Å². The molecule has 5 nitrogen and oxygen atoms in total. The second kappa shape index (κ2) is 6.15. The molecule has 0 aromatic carbocycles. The Morgan fingerprint density at radius 2 is 1.79 bits per heavy atom. The van der Waals surface area contributed by atoms with E-state index in [9.17, 15) is 14.7 Å². The van der Waals surface area contributed by atoms with Crippen LogP contribution in [-0.2, 0) is 19.1 Å². The molecule has 3 aliphatic rings. The third-order valence-corrected chi connectivity index (χ3v) is 8.17. The first-order valence-electron chi connectivity index (χ1n) is 8.86. The van der Waals surface area contributed by atoms with E-state index in [2.05, 4.69) is 15.9 Å². The van der Waals surface area contributed by atoms with Crippen LogP contribution in [-0.4, -0.2) is 46.6 Å². The second-order valence-electron chi connectivity index (χ2n) is 7.57. The van der Waals surface area contributed by atoms with E-state index in [1.165, 1.54) is 21.1 Å². The van der Waals surface area contributed by atoms with Gasteiger partial charge in [-0.25, -0.2) is 0 Å². The molecule has 136 valence electrons. The van der Waals surface area contributed by atoms with Gasteiger partial charge in [0.2, 0.25) is 5.79 Å². The van der Waals surface area contributed by atoms with E-state index in [0.29, 0.717) is 6.42 Å². The molecule has 3 saturated carbocycles. The van der Waals surface area contributed by atoms with Crippen molar-refractivity contribution in [3.8, 4) is 0 Å². The number of rotatable bonds is 5. The number of carbonyl (C=O) groups is 2. The Bertz CT molecular complexity index is 546. The molecular formula is C18H27BrO5. The molecule has 6 heteroatoms. The molecule has 0 radical (unpaired) electrons. The van der Waals surface area contributed by atoms with Crippen LogP contribution >= 0.6 is 15.9 Å².